The number of hydrogen-bond donors (Lipinski definition) is 1. The van der Waals surface area contributed by atoms with Gasteiger partial charge in [-0.1, -0.05) is 23.7 Å². The maximum absolute atomic E-state index is 13.6. The zero-order valence-electron chi connectivity index (χ0n) is 15.1. The quantitative estimate of drug-likeness (QED) is 0.850. The summed E-state index contributed by atoms with van der Waals surface area (Å²) in [6.45, 7) is 2.13. The molecule has 1 saturated heterocycles. The summed E-state index contributed by atoms with van der Waals surface area (Å²) in [4.78, 5) is 26.4. The number of halogens is 2. The lowest BCUT2D eigenvalue weighted by Crippen LogP contribution is -2.32. The van der Waals surface area contributed by atoms with Crippen LogP contribution in [0.3, 0.4) is 0 Å². The molecule has 0 radical (unpaired) electrons. The molecule has 2 amide bonds. The maximum atomic E-state index is 13.6. The summed E-state index contributed by atoms with van der Waals surface area (Å²) in [5.74, 6) is -0.692. The van der Waals surface area contributed by atoms with Gasteiger partial charge in [0, 0.05) is 24.5 Å². The number of aryl methyl sites for hydroxylation is 1. The molecule has 27 heavy (non-hydrogen) atoms. The standard InChI is InChI=1S/C20H20ClFN2O3/c1-12-3-4-13(7-16(12)22)10-23-20(26)14-8-19(25)24(11-14)17-9-15(21)5-6-18(17)27-2/h3-7,9,14H,8,10-11H2,1-2H3,(H,23,26). The lowest BCUT2D eigenvalue weighted by molar-refractivity contribution is -0.126. The Hall–Kier alpha value is -2.60. The average molecular weight is 391 g/mol. The van der Waals surface area contributed by atoms with Gasteiger partial charge >= 0.3 is 0 Å². The van der Waals surface area contributed by atoms with E-state index in [9.17, 15) is 14.0 Å². The van der Waals surface area contributed by atoms with Crippen molar-refractivity contribution in [1.29, 1.82) is 0 Å². The summed E-state index contributed by atoms with van der Waals surface area (Å²) in [5.41, 5.74) is 1.77. The van der Waals surface area contributed by atoms with Crippen LogP contribution in [-0.4, -0.2) is 25.5 Å². The fourth-order valence-electron chi connectivity index (χ4n) is 3.07. The Kier molecular flexibility index (Phi) is 5.65. The van der Waals surface area contributed by atoms with Crippen LogP contribution in [0.25, 0.3) is 0 Å². The molecule has 1 fully saturated rings. The highest BCUT2D eigenvalue weighted by molar-refractivity contribution is 6.31. The molecule has 3 rings (SSSR count). The normalized spacial score (nSPS) is 16.5. The zero-order chi connectivity index (χ0) is 19.6. The van der Waals surface area contributed by atoms with Crippen LogP contribution >= 0.6 is 11.6 Å². The topological polar surface area (TPSA) is 58.6 Å². The molecule has 1 atom stereocenters. The first-order valence-electron chi connectivity index (χ1n) is 8.55. The number of anilines is 1. The van der Waals surface area contributed by atoms with E-state index in [1.165, 1.54) is 18.1 Å². The number of ether oxygens (including phenoxy) is 1. The van der Waals surface area contributed by atoms with E-state index in [2.05, 4.69) is 5.32 Å². The van der Waals surface area contributed by atoms with Gasteiger partial charge in [-0.25, -0.2) is 4.39 Å². The molecule has 0 aromatic heterocycles. The molecule has 1 N–H and O–H groups in total. The predicted octanol–water partition coefficient (Wildman–Crippen LogP) is 3.47. The van der Waals surface area contributed by atoms with Crippen molar-refractivity contribution in [2.75, 3.05) is 18.6 Å². The molecule has 2 aromatic rings. The van der Waals surface area contributed by atoms with Gasteiger partial charge in [0.2, 0.25) is 11.8 Å². The van der Waals surface area contributed by atoms with E-state index >= 15 is 0 Å². The highest BCUT2D eigenvalue weighted by atomic mass is 35.5. The third kappa shape index (κ3) is 4.22. The number of rotatable bonds is 5. The van der Waals surface area contributed by atoms with Crippen LogP contribution in [0.5, 0.6) is 5.75 Å². The monoisotopic (exact) mass is 390 g/mol. The number of carbonyl (C=O) groups is 2. The van der Waals surface area contributed by atoms with Crippen molar-refractivity contribution in [3.05, 3.63) is 58.4 Å². The summed E-state index contributed by atoms with van der Waals surface area (Å²) in [6.07, 6.45) is 0.101. The second-order valence-electron chi connectivity index (χ2n) is 6.52. The van der Waals surface area contributed by atoms with Crippen molar-refractivity contribution in [3.63, 3.8) is 0 Å². The fourth-order valence-corrected chi connectivity index (χ4v) is 3.24. The van der Waals surface area contributed by atoms with Crippen LogP contribution in [0.4, 0.5) is 10.1 Å². The molecular formula is C20H20ClFN2O3. The second kappa shape index (κ2) is 7.96. The third-order valence-corrected chi connectivity index (χ3v) is 4.87. The fraction of sp³-hybridized carbons (Fsp3) is 0.300. The predicted molar refractivity (Wildman–Crippen MR) is 101 cm³/mol. The smallest absolute Gasteiger partial charge is 0.227 e. The molecule has 0 spiro atoms. The van der Waals surface area contributed by atoms with Crippen LogP contribution < -0.4 is 15.0 Å². The Labute approximate surface area is 162 Å². The first kappa shape index (κ1) is 19.2. The molecule has 1 aliphatic rings. The first-order chi connectivity index (χ1) is 12.9. The summed E-state index contributed by atoms with van der Waals surface area (Å²) in [5, 5.41) is 3.26. The van der Waals surface area contributed by atoms with Gasteiger partial charge in [0.1, 0.15) is 11.6 Å². The Morgan fingerprint density at radius 3 is 2.81 bits per heavy atom. The minimum Gasteiger partial charge on any atom is -0.495 e. The van der Waals surface area contributed by atoms with Crippen molar-refractivity contribution in [3.8, 4) is 5.75 Å². The summed E-state index contributed by atoms with van der Waals surface area (Å²) in [7, 11) is 1.51. The highest BCUT2D eigenvalue weighted by Gasteiger charge is 2.36. The average Bonchev–Trinajstić information content (AvgIpc) is 3.04. The Balaban J connectivity index is 1.67. The lowest BCUT2D eigenvalue weighted by Gasteiger charge is -2.20. The number of amides is 2. The van der Waals surface area contributed by atoms with Crippen molar-refractivity contribution in [2.24, 2.45) is 5.92 Å². The molecule has 7 heteroatoms. The molecule has 2 aromatic carbocycles. The van der Waals surface area contributed by atoms with Crippen molar-refractivity contribution in [1.82, 2.24) is 5.32 Å². The number of methoxy groups -OCH3 is 1. The van der Waals surface area contributed by atoms with Gasteiger partial charge in [-0.05, 0) is 42.3 Å². The van der Waals surface area contributed by atoms with E-state index in [1.54, 1.807) is 37.3 Å². The molecule has 1 aliphatic heterocycles. The molecule has 142 valence electrons. The number of hydrogen-bond acceptors (Lipinski definition) is 3. The second-order valence-corrected chi connectivity index (χ2v) is 6.96. The van der Waals surface area contributed by atoms with Gasteiger partial charge in [-0.15, -0.1) is 0 Å². The van der Waals surface area contributed by atoms with Crippen LogP contribution in [0, 0.1) is 18.7 Å². The van der Waals surface area contributed by atoms with E-state index in [4.69, 9.17) is 16.3 Å². The summed E-state index contributed by atoms with van der Waals surface area (Å²) < 4.78 is 18.9. The van der Waals surface area contributed by atoms with E-state index in [0.29, 0.717) is 27.6 Å². The van der Waals surface area contributed by atoms with Crippen LogP contribution in [0.2, 0.25) is 5.02 Å². The van der Waals surface area contributed by atoms with Crippen molar-refractivity contribution < 1.29 is 18.7 Å². The van der Waals surface area contributed by atoms with Gasteiger partial charge in [0.25, 0.3) is 0 Å². The molecule has 5 nitrogen and oxygen atoms in total. The molecular weight excluding hydrogens is 371 g/mol. The first-order valence-corrected chi connectivity index (χ1v) is 8.93. The number of nitrogens with zero attached hydrogens (tertiary/aromatic N) is 1. The van der Waals surface area contributed by atoms with E-state index in [0.717, 1.165) is 0 Å². The van der Waals surface area contributed by atoms with Gasteiger partial charge in [0.15, 0.2) is 0 Å². The molecule has 0 bridgehead atoms. The Bertz CT molecular complexity index is 888. The number of benzene rings is 2. The van der Waals surface area contributed by atoms with Crippen LogP contribution in [0.15, 0.2) is 36.4 Å². The molecule has 1 heterocycles. The van der Waals surface area contributed by atoms with Crippen molar-refractivity contribution in [2.45, 2.75) is 19.9 Å². The third-order valence-electron chi connectivity index (χ3n) is 4.63. The number of carbonyl (C=O) groups excluding carboxylic acids is 2. The molecule has 0 aliphatic carbocycles. The minimum atomic E-state index is -0.489. The number of nitrogens with one attached hydrogen (secondary N) is 1. The van der Waals surface area contributed by atoms with Gasteiger partial charge < -0.3 is 15.0 Å². The maximum Gasteiger partial charge on any atom is 0.227 e. The van der Waals surface area contributed by atoms with Gasteiger partial charge in [-0.3, -0.25) is 9.59 Å². The van der Waals surface area contributed by atoms with Crippen molar-refractivity contribution >= 4 is 29.1 Å². The Morgan fingerprint density at radius 2 is 2.11 bits per heavy atom. The zero-order valence-corrected chi connectivity index (χ0v) is 15.8. The molecule has 1 unspecified atom stereocenters. The highest BCUT2D eigenvalue weighted by Crippen LogP contribution is 2.35. The summed E-state index contributed by atoms with van der Waals surface area (Å²) in [6, 6.07) is 9.84. The lowest BCUT2D eigenvalue weighted by atomic mass is 10.1. The van der Waals surface area contributed by atoms with Gasteiger partial charge in [-0.2, -0.15) is 0 Å². The Morgan fingerprint density at radius 1 is 1.33 bits per heavy atom. The van der Waals surface area contributed by atoms with Crippen LogP contribution in [0.1, 0.15) is 17.5 Å². The minimum absolute atomic E-state index is 0.101. The summed E-state index contributed by atoms with van der Waals surface area (Å²) >= 11 is 6.04. The van der Waals surface area contributed by atoms with E-state index < -0.39 is 5.92 Å². The SMILES string of the molecule is COc1ccc(Cl)cc1N1CC(C(=O)NCc2ccc(C)c(F)c2)CC1=O. The van der Waals surface area contributed by atoms with Gasteiger partial charge in [0.05, 0.1) is 18.7 Å². The van der Waals surface area contributed by atoms with E-state index in [1.807, 2.05) is 0 Å². The largest absolute Gasteiger partial charge is 0.495 e. The molecule has 0 saturated carbocycles. The van der Waals surface area contributed by atoms with E-state index in [-0.39, 0.29) is 37.1 Å². The van der Waals surface area contributed by atoms with Crippen LogP contribution in [-0.2, 0) is 16.1 Å².